The van der Waals surface area contributed by atoms with Gasteiger partial charge in [0.1, 0.15) is 35.9 Å². The van der Waals surface area contributed by atoms with Crippen molar-refractivity contribution in [1.82, 2.24) is 9.97 Å². The average molecular weight is 699 g/mol. The van der Waals surface area contributed by atoms with E-state index in [0.717, 1.165) is 5.39 Å². The van der Waals surface area contributed by atoms with E-state index in [1.165, 1.54) is 30.5 Å². The van der Waals surface area contributed by atoms with Gasteiger partial charge in [-0.2, -0.15) is 0 Å². The van der Waals surface area contributed by atoms with Gasteiger partial charge in [-0.15, -0.1) is 0 Å². The lowest BCUT2D eigenvalue weighted by Gasteiger charge is -2.36. The Balaban J connectivity index is 1.17. The van der Waals surface area contributed by atoms with Gasteiger partial charge in [0.15, 0.2) is 8.32 Å². The Hall–Kier alpha value is -5.07. The van der Waals surface area contributed by atoms with Gasteiger partial charge in [-0.25, -0.2) is 9.37 Å². The Bertz CT molecular complexity index is 1890. The van der Waals surface area contributed by atoms with Crippen LogP contribution in [0.25, 0.3) is 22.4 Å². The van der Waals surface area contributed by atoms with E-state index in [1.54, 1.807) is 42.7 Å². The SMILES string of the molecule is CC(C)(C)[Si](C)(C)OCCOc1cc2nccc(Oc3ccc(NC(=O)CCCCC(=O)Nc4ccc(F)cc4)cc3)c2cc1-c1ncco1. The normalized spacial score (nSPS) is 11.7. The third-order valence-corrected chi connectivity index (χ3v) is 13.2. The number of hydrogen-bond acceptors (Lipinski definition) is 8. The third kappa shape index (κ3) is 9.76. The van der Waals surface area contributed by atoms with Gasteiger partial charge >= 0.3 is 0 Å². The predicted molar refractivity (Wildman–Crippen MR) is 195 cm³/mol. The van der Waals surface area contributed by atoms with Crippen molar-refractivity contribution >= 4 is 42.4 Å². The van der Waals surface area contributed by atoms with Crippen molar-refractivity contribution < 1.29 is 32.3 Å². The van der Waals surface area contributed by atoms with E-state index in [9.17, 15) is 14.0 Å². The molecule has 0 bridgehead atoms. The van der Waals surface area contributed by atoms with E-state index in [-0.39, 0.29) is 35.5 Å². The van der Waals surface area contributed by atoms with Gasteiger partial charge in [0, 0.05) is 41.9 Å². The summed E-state index contributed by atoms with van der Waals surface area (Å²) in [5.41, 5.74) is 2.50. The van der Waals surface area contributed by atoms with E-state index in [1.807, 2.05) is 12.1 Å². The summed E-state index contributed by atoms with van der Waals surface area (Å²) in [4.78, 5) is 33.5. The highest BCUT2D eigenvalue weighted by atomic mass is 28.4. The number of ether oxygens (including phenoxy) is 2. The van der Waals surface area contributed by atoms with Gasteiger partial charge in [0.25, 0.3) is 0 Å². The predicted octanol–water partition coefficient (Wildman–Crippen LogP) is 9.36. The lowest BCUT2D eigenvalue weighted by molar-refractivity contribution is -0.118. The molecule has 5 rings (SSSR count). The number of aromatic nitrogens is 2. The molecular formula is C38H43FN4O6Si. The zero-order chi connectivity index (χ0) is 35.7. The smallest absolute Gasteiger partial charge is 0.229 e. The lowest BCUT2D eigenvalue weighted by Crippen LogP contribution is -2.41. The molecule has 0 fully saturated rings. The molecule has 0 radical (unpaired) electrons. The van der Waals surface area contributed by atoms with Crippen molar-refractivity contribution in [3.05, 3.63) is 91.2 Å². The van der Waals surface area contributed by atoms with Crippen LogP contribution in [-0.4, -0.2) is 43.3 Å². The van der Waals surface area contributed by atoms with Crippen molar-refractivity contribution in [1.29, 1.82) is 0 Å². The summed E-state index contributed by atoms with van der Waals surface area (Å²) in [6, 6.07) is 18.2. The molecule has 0 atom stereocenters. The number of nitrogens with zero attached hydrogens (tertiary/aromatic N) is 2. The second kappa shape index (κ2) is 16.1. The Morgan fingerprint density at radius 3 is 2.06 bits per heavy atom. The van der Waals surface area contributed by atoms with Crippen molar-refractivity contribution in [3.63, 3.8) is 0 Å². The number of hydrogen-bond donors (Lipinski definition) is 2. The molecule has 2 aromatic heterocycles. The zero-order valence-electron chi connectivity index (χ0n) is 29.0. The molecule has 10 nitrogen and oxygen atoms in total. The van der Waals surface area contributed by atoms with E-state index in [4.69, 9.17) is 18.3 Å². The average Bonchev–Trinajstić information content (AvgIpc) is 3.61. The fraction of sp³-hybridized carbons (Fsp3) is 0.316. The Morgan fingerprint density at radius 2 is 1.46 bits per heavy atom. The minimum Gasteiger partial charge on any atom is -0.490 e. The molecule has 3 aromatic carbocycles. The van der Waals surface area contributed by atoms with E-state index < -0.39 is 8.32 Å². The summed E-state index contributed by atoms with van der Waals surface area (Å²) in [5, 5.41) is 6.45. The van der Waals surface area contributed by atoms with Crippen LogP contribution in [0.4, 0.5) is 15.8 Å². The molecule has 0 unspecified atom stereocenters. The molecule has 12 heteroatoms. The molecule has 262 valence electrons. The fourth-order valence-corrected chi connectivity index (χ4v) is 5.86. The lowest BCUT2D eigenvalue weighted by atomic mass is 10.1. The Morgan fingerprint density at radius 1 is 0.820 bits per heavy atom. The molecule has 0 aliphatic rings. The summed E-state index contributed by atoms with van der Waals surface area (Å²) in [5.74, 6) is 1.45. The molecule has 2 N–H and O–H groups in total. The maximum Gasteiger partial charge on any atom is 0.229 e. The number of carbonyl (C=O) groups excluding carboxylic acids is 2. The van der Waals surface area contributed by atoms with Gasteiger partial charge < -0.3 is 29.0 Å². The van der Waals surface area contributed by atoms with E-state index >= 15 is 0 Å². The Labute approximate surface area is 292 Å². The first-order valence-corrected chi connectivity index (χ1v) is 19.5. The number of unbranched alkanes of at least 4 members (excludes halogenated alkanes) is 1. The van der Waals surface area contributed by atoms with Gasteiger partial charge in [0.05, 0.1) is 23.9 Å². The van der Waals surface area contributed by atoms with Crippen LogP contribution in [0.2, 0.25) is 18.1 Å². The topological polar surface area (TPSA) is 125 Å². The molecular weight excluding hydrogens is 656 g/mol. The maximum absolute atomic E-state index is 13.0. The van der Waals surface area contributed by atoms with E-state index in [2.05, 4.69) is 54.5 Å². The molecule has 0 spiro atoms. The molecule has 0 aliphatic heterocycles. The van der Waals surface area contributed by atoms with Gasteiger partial charge in [-0.1, -0.05) is 20.8 Å². The first kappa shape index (κ1) is 36.2. The third-order valence-electron chi connectivity index (χ3n) is 8.63. The Kier molecular flexibility index (Phi) is 11.7. The molecule has 5 aromatic rings. The van der Waals surface area contributed by atoms with Gasteiger partial charge in [0.2, 0.25) is 17.7 Å². The number of pyridine rings is 1. The number of halogens is 1. The number of oxazole rings is 1. The summed E-state index contributed by atoms with van der Waals surface area (Å²) in [6.45, 7) is 11.9. The number of nitrogens with one attached hydrogen (secondary N) is 2. The van der Waals surface area contributed by atoms with Crippen molar-refractivity contribution in [2.24, 2.45) is 0 Å². The molecule has 50 heavy (non-hydrogen) atoms. The standard InChI is InChI=1S/C38H43FN4O6Si/c1-38(2,3)50(4,5)48-23-22-46-34-25-32-30(24-31(34)37-41-20-21-47-37)33(18-19-40-32)49-29-16-14-28(15-17-29)43-36(45)9-7-6-8-35(44)42-27-12-10-26(39)11-13-27/h10-21,24-25H,6-9,22-23H2,1-5H3,(H,42,44)(H,43,45). The van der Waals surface area contributed by atoms with Crippen molar-refractivity contribution in [2.45, 2.75) is 64.6 Å². The highest BCUT2D eigenvalue weighted by Gasteiger charge is 2.37. The zero-order valence-corrected chi connectivity index (χ0v) is 30.0. The summed E-state index contributed by atoms with van der Waals surface area (Å²) >= 11 is 0. The highest BCUT2D eigenvalue weighted by molar-refractivity contribution is 6.74. The molecule has 0 aliphatic carbocycles. The number of carbonyl (C=O) groups is 2. The first-order valence-electron chi connectivity index (χ1n) is 16.6. The monoisotopic (exact) mass is 698 g/mol. The van der Waals surface area contributed by atoms with Crippen LogP contribution < -0.4 is 20.1 Å². The van der Waals surface area contributed by atoms with Gasteiger partial charge in [-0.3, -0.25) is 14.6 Å². The molecule has 0 saturated heterocycles. The van der Waals surface area contributed by atoms with E-state index in [0.29, 0.717) is 71.6 Å². The maximum atomic E-state index is 13.0. The summed E-state index contributed by atoms with van der Waals surface area (Å²) in [6.07, 6.45) is 6.40. The second-order valence-corrected chi connectivity index (χ2v) is 18.2. The largest absolute Gasteiger partial charge is 0.490 e. The van der Waals surface area contributed by atoms with Crippen LogP contribution >= 0.6 is 0 Å². The van der Waals surface area contributed by atoms with Crippen LogP contribution in [0.15, 0.2) is 89.8 Å². The second-order valence-electron chi connectivity index (χ2n) is 13.4. The highest BCUT2D eigenvalue weighted by Crippen LogP contribution is 2.39. The quantitative estimate of drug-likeness (QED) is 0.0819. The molecule has 2 heterocycles. The number of anilines is 2. The van der Waals surface area contributed by atoms with Crippen LogP contribution in [0.1, 0.15) is 46.5 Å². The molecule has 2 amide bonds. The number of fused-ring (bicyclic) bond motifs is 1. The molecule has 0 saturated carbocycles. The first-order chi connectivity index (χ1) is 23.9. The minimum absolute atomic E-state index is 0.102. The van der Waals surface area contributed by atoms with Crippen molar-refractivity contribution in [2.75, 3.05) is 23.8 Å². The fourth-order valence-electron chi connectivity index (χ4n) is 4.83. The van der Waals surface area contributed by atoms with Crippen LogP contribution in [-0.2, 0) is 14.0 Å². The number of benzene rings is 3. The summed E-state index contributed by atoms with van der Waals surface area (Å²) < 4.78 is 37.4. The van der Waals surface area contributed by atoms with Crippen LogP contribution in [0, 0.1) is 5.82 Å². The van der Waals surface area contributed by atoms with Crippen molar-refractivity contribution in [3.8, 4) is 28.7 Å². The minimum atomic E-state index is -1.91. The van der Waals surface area contributed by atoms with Crippen LogP contribution in [0.3, 0.4) is 0 Å². The van der Waals surface area contributed by atoms with Crippen LogP contribution in [0.5, 0.6) is 17.2 Å². The number of rotatable bonds is 15. The van der Waals surface area contributed by atoms with Gasteiger partial charge in [-0.05, 0) is 91.6 Å². The number of amides is 2. The summed E-state index contributed by atoms with van der Waals surface area (Å²) in [7, 11) is -1.91.